The Hall–Kier alpha value is -0.860. The summed E-state index contributed by atoms with van der Waals surface area (Å²) in [6.07, 6.45) is 33.5. The molecule has 0 radical (unpaired) electrons. The lowest BCUT2D eigenvalue weighted by atomic mass is 10.0. The molecule has 6 nitrogen and oxygen atoms in total. The van der Waals surface area contributed by atoms with E-state index in [0.29, 0.717) is 37.9 Å². The van der Waals surface area contributed by atoms with Crippen molar-refractivity contribution in [1.82, 2.24) is 0 Å². The van der Waals surface area contributed by atoms with Gasteiger partial charge < -0.3 is 9.47 Å². The predicted molar refractivity (Wildman–Crippen MR) is 222 cm³/mol. The number of ether oxygens (including phenoxy) is 2. The lowest BCUT2D eigenvalue weighted by molar-refractivity contribution is -0.146. The highest BCUT2D eigenvalue weighted by molar-refractivity contribution is 7.45. The zero-order valence-electron chi connectivity index (χ0n) is 35.0. The highest BCUT2D eigenvalue weighted by Crippen LogP contribution is 2.30. The van der Waals surface area contributed by atoms with E-state index in [1.165, 1.54) is 116 Å². The summed E-state index contributed by atoms with van der Waals surface area (Å²) < 4.78 is 33.9. The Balaban J connectivity index is 0. The minimum atomic E-state index is -1.51. The Morgan fingerprint density at radius 1 is 0.490 bits per heavy atom. The van der Waals surface area contributed by atoms with Gasteiger partial charge in [0.2, 0.25) is 0 Å². The molecule has 0 aliphatic rings. The molecule has 0 saturated heterocycles. The molecule has 0 N–H and O–H groups in total. The van der Waals surface area contributed by atoms with Gasteiger partial charge in [0.25, 0.3) is 5.66 Å². The first-order chi connectivity index (χ1) is 24.7. The maximum absolute atomic E-state index is 12.4. The number of carbonyl (C=O) groups is 2. The number of carbonyl (C=O) groups excluding carboxylic acids is 2. The quantitative estimate of drug-likeness (QED) is 0.0359. The van der Waals surface area contributed by atoms with Gasteiger partial charge in [0.15, 0.2) is 0 Å². The third-order valence-corrected chi connectivity index (χ3v) is 12.5. The van der Waals surface area contributed by atoms with Gasteiger partial charge in [-0.15, -0.1) is 0 Å². The summed E-state index contributed by atoms with van der Waals surface area (Å²) in [5, 5.41) is 0. The lowest BCUT2D eigenvalue weighted by Gasteiger charge is -2.15. The number of unbranched alkanes of at least 4 members (excludes halogenated alkanes) is 18. The van der Waals surface area contributed by atoms with Crippen molar-refractivity contribution in [3.05, 3.63) is 0 Å². The normalized spacial score (nSPS) is 13.5. The van der Waals surface area contributed by atoms with Crippen molar-refractivity contribution in [3.63, 3.8) is 0 Å². The van der Waals surface area contributed by atoms with E-state index in [0.717, 1.165) is 57.5 Å². The molecule has 5 unspecified atom stereocenters. The van der Waals surface area contributed by atoms with E-state index in [9.17, 15) is 18.7 Å². The van der Waals surface area contributed by atoms with Crippen LogP contribution in [0, 0.1) is 11.8 Å². The molecule has 0 aromatic carbocycles. The molecule has 0 fully saturated rings. The zero-order valence-corrected chi connectivity index (χ0v) is 36.8. The standard InChI is InChI=1S/C23H46O3P.C20H40O3P/c1-5-8-10-11-12-13-14-15-16-17-19-22(27(4)25)23(24)26-20-21(7-3)18-9-6-2;1-4-6-15-19(5-2)18-23-20(21)16-13-11-9-7-8-10-12-14-17-24(3)22/h21-22H,5-20H2,1-4H3;19H,4-18H2,1-3H3/q2*+1. The molecule has 5 atom stereocenters. The van der Waals surface area contributed by atoms with Crippen LogP contribution >= 0.6 is 15.6 Å². The van der Waals surface area contributed by atoms with Crippen LogP contribution in [0.2, 0.25) is 0 Å². The van der Waals surface area contributed by atoms with E-state index in [2.05, 4.69) is 34.6 Å². The highest BCUT2D eigenvalue weighted by atomic mass is 31.1. The van der Waals surface area contributed by atoms with Crippen molar-refractivity contribution < 1.29 is 28.2 Å². The maximum Gasteiger partial charge on any atom is 0.358 e. The molecule has 0 saturated carbocycles. The van der Waals surface area contributed by atoms with Crippen molar-refractivity contribution in [2.45, 2.75) is 220 Å². The van der Waals surface area contributed by atoms with E-state index >= 15 is 0 Å². The number of hydrogen-bond acceptors (Lipinski definition) is 6. The fourth-order valence-electron chi connectivity index (χ4n) is 6.31. The van der Waals surface area contributed by atoms with E-state index < -0.39 is 21.3 Å². The average Bonchev–Trinajstić information content (AvgIpc) is 3.11. The summed E-state index contributed by atoms with van der Waals surface area (Å²) in [5.74, 6) is 0.740. The molecule has 0 aliphatic carbocycles. The molecular weight excluding hydrogens is 674 g/mol. The van der Waals surface area contributed by atoms with Crippen molar-refractivity contribution in [3.8, 4) is 0 Å². The van der Waals surface area contributed by atoms with Crippen LogP contribution in [0.3, 0.4) is 0 Å². The van der Waals surface area contributed by atoms with E-state index in [1.807, 2.05) is 6.66 Å². The van der Waals surface area contributed by atoms with Crippen LogP contribution < -0.4 is 0 Å². The van der Waals surface area contributed by atoms with Crippen molar-refractivity contribution in [2.24, 2.45) is 11.8 Å². The van der Waals surface area contributed by atoms with Gasteiger partial charge >= 0.3 is 27.5 Å². The third-order valence-electron chi connectivity index (χ3n) is 10.2. The topological polar surface area (TPSA) is 86.7 Å². The molecule has 51 heavy (non-hydrogen) atoms. The first-order valence-corrected chi connectivity index (χ1v) is 25.4. The van der Waals surface area contributed by atoms with Crippen LogP contribution in [-0.4, -0.2) is 50.3 Å². The molecule has 0 amide bonds. The molecule has 0 bridgehead atoms. The monoisotopic (exact) mass is 761 g/mol. The molecule has 302 valence electrons. The minimum Gasteiger partial charge on any atom is -0.465 e. The van der Waals surface area contributed by atoms with Crippen LogP contribution in [0.1, 0.15) is 214 Å². The second-order valence-corrected chi connectivity index (χ2v) is 18.5. The van der Waals surface area contributed by atoms with Gasteiger partial charge in [-0.05, 0) is 50.4 Å². The Labute approximate surface area is 319 Å². The van der Waals surface area contributed by atoms with Crippen molar-refractivity contribution >= 4 is 27.5 Å². The van der Waals surface area contributed by atoms with E-state index in [1.54, 1.807) is 6.66 Å². The summed E-state index contributed by atoms with van der Waals surface area (Å²) in [4.78, 5) is 24.1. The number of rotatable bonds is 36. The second-order valence-electron chi connectivity index (χ2n) is 15.1. The zero-order chi connectivity index (χ0) is 38.4. The molecule has 8 heteroatoms. The molecule has 0 heterocycles. The summed E-state index contributed by atoms with van der Waals surface area (Å²) in [5.41, 5.74) is -0.405. The molecule has 0 rings (SSSR count). The molecule has 0 aromatic heterocycles. The first-order valence-electron chi connectivity index (χ1n) is 21.8. The number of hydrogen-bond donors (Lipinski definition) is 0. The molecule has 0 spiro atoms. The van der Waals surface area contributed by atoms with Crippen molar-refractivity contribution in [2.75, 3.05) is 32.7 Å². The third kappa shape index (κ3) is 37.3. The van der Waals surface area contributed by atoms with Crippen LogP contribution in [0.25, 0.3) is 0 Å². The van der Waals surface area contributed by atoms with Gasteiger partial charge in [0, 0.05) is 12.8 Å². The fourth-order valence-corrected chi connectivity index (χ4v) is 7.90. The van der Waals surface area contributed by atoms with Gasteiger partial charge in [0.05, 0.1) is 13.2 Å². The summed E-state index contributed by atoms with van der Waals surface area (Å²) in [6.45, 7) is 15.6. The Kier molecular flexibility index (Phi) is 41.3. The smallest absolute Gasteiger partial charge is 0.358 e. The molecule has 0 aromatic rings. The Morgan fingerprint density at radius 2 is 0.902 bits per heavy atom. The van der Waals surface area contributed by atoms with Gasteiger partial charge in [0.1, 0.15) is 19.5 Å². The largest absolute Gasteiger partial charge is 0.465 e. The highest BCUT2D eigenvalue weighted by Gasteiger charge is 2.34. The number of esters is 2. The van der Waals surface area contributed by atoms with E-state index in [-0.39, 0.29) is 11.9 Å². The summed E-state index contributed by atoms with van der Waals surface area (Å²) in [7, 11) is -2.46. The van der Waals surface area contributed by atoms with E-state index in [4.69, 9.17) is 9.47 Å². The fraction of sp³-hybridized carbons (Fsp3) is 0.953. The summed E-state index contributed by atoms with van der Waals surface area (Å²) in [6, 6.07) is 0. The van der Waals surface area contributed by atoms with Crippen LogP contribution in [0.4, 0.5) is 0 Å². The second kappa shape index (κ2) is 40.3. The predicted octanol–water partition coefficient (Wildman–Crippen LogP) is 14.6. The summed E-state index contributed by atoms with van der Waals surface area (Å²) >= 11 is 0. The minimum absolute atomic E-state index is 0.0152. The van der Waals surface area contributed by atoms with Crippen LogP contribution in [0.15, 0.2) is 0 Å². The van der Waals surface area contributed by atoms with Gasteiger partial charge in [-0.2, -0.15) is 0 Å². The van der Waals surface area contributed by atoms with Gasteiger partial charge in [-0.25, -0.2) is 4.79 Å². The maximum atomic E-state index is 12.4. The van der Waals surface area contributed by atoms with Crippen LogP contribution in [0.5, 0.6) is 0 Å². The lowest BCUT2D eigenvalue weighted by Crippen LogP contribution is -2.23. The van der Waals surface area contributed by atoms with Crippen LogP contribution in [-0.2, 0) is 28.2 Å². The molecule has 0 aliphatic heterocycles. The van der Waals surface area contributed by atoms with Gasteiger partial charge in [-0.3, -0.25) is 4.79 Å². The Morgan fingerprint density at radius 3 is 1.33 bits per heavy atom. The SMILES string of the molecule is CCCCC(CC)COC(=O)CCCCCCCCCC[P+](C)=O.CCCCCCCCCCCCC(C(=O)OCC(CC)CCCC)[P+](C)=O. The average molecular weight is 761 g/mol. The molecular formula is C43H86O6P2+2. The van der Waals surface area contributed by atoms with Gasteiger partial charge in [-0.1, -0.05) is 172 Å². The van der Waals surface area contributed by atoms with Crippen molar-refractivity contribution in [1.29, 1.82) is 0 Å². The Bertz CT molecular complexity index is 820. The first kappa shape index (κ1) is 52.2.